The fourth-order valence-electron chi connectivity index (χ4n) is 5.36. The number of nitrogens with zero attached hydrogens (tertiary/aromatic N) is 4. The van der Waals surface area contributed by atoms with Crippen LogP contribution >= 0.6 is 11.3 Å². The topological polar surface area (TPSA) is 159 Å². The SMILES string of the molecule is CCOC(=O)N1CCN(C(=O)C(CCC(=O)O)NC(=O)c2cc(OCC(=O)N3CCc4ccsc4C3)c3ccccc3n2)CC1. The molecule has 238 valence electrons. The van der Waals surface area contributed by atoms with Gasteiger partial charge in [-0.25, -0.2) is 9.78 Å². The zero-order chi connectivity index (χ0) is 31.9. The molecule has 0 bridgehead atoms. The van der Waals surface area contributed by atoms with Crippen LogP contribution < -0.4 is 10.1 Å². The number of aromatic nitrogens is 1. The molecule has 45 heavy (non-hydrogen) atoms. The molecule has 2 aromatic heterocycles. The predicted molar refractivity (Wildman–Crippen MR) is 164 cm³/mol. The first-order valence-electron chi connectivity index (χ1n) is 14.8. The van der Waals surface area contributed by atoms with Crippen molar-refractivity contribution in [1.82, 2.24) is 25.0 Å². The summed E-state index contributed by atoms with van der Waals surface area (Å²) in [7, 11) is 0. The van der Waals surface area contributed by atoms with Crippen molar-refractivity contribution in [2.24, 2.45) is 0 Å². The van der Waals surface area contributed by atoms with Crippen LogP contribution in [0.2, 0.25) is 0 Å². The first-order valence-corrected chi connectivity index (χ1v) is 15.7. The van der Waals surface area contributed by atoms with E-state index < -0.39 is 29.9 Å². The van der Waals surface area contributed by atoms with Crippen LogP contribution in [0.25, 0.3) is 10.9 Å². The van der Waals surface area contributed by atoms with E-state index in [0.29, 0.717) is 24.0 Å². The Labute approximate surface area is 263 Å². The quantitative estimate of drug-likeness (QED) is 0.341. The smallest absolute Gasteiger partial charge is 0.409 e. The number of nitrogens with one attached hydrogen (secondary N) is 1. The maximum absolute atomic E-state index is 13.5. The summed E-state index contributed by atoms with van der Waals surface area (Å²) in [5.74, 6) is -2.14. The van der Waals surface area contributed by atoms with Gasteiger partial charge in [0.1, 0.15) is 17.5 Å². The minimum absolute atomic E-state index is 0.0439. The molecule has 5 rings (SSSR count). The Balaban J connectivity index is 1.28. The third-order valence-electron chi connectivity index (χ3n) is 7.81. The number of hydrogen-bond acceptors (Lipinski definition) is 9. The molecule has 0 radical (unpaired) electrons. The summed E-state index contributed by atoms with van der Waals surface area (Å²) in [6.45, 7) is 3.77. The summed E-state index contributed by atoms with van der Waals surface area (Å²) in [4.78, 5) is 73.7. The maximum Gasteiger partial charge on any atom is 0.409 e. The average molecular weight is 638 g/mol. The third-order valence-corrected chi connectivity index (χ3v) is 8.75. The summed E-state index contributed by atoms with van der Waals surface area (Å²) in [5.41, 5.74) is 1.68. The van der Waals surface area contributed by atoms with Crippen molar-refractivity contribution >= 4 is 52.0 Å². The lowest BCUT2D eigenvalue weighted by molar-refractivity contribution is -0.138. The van der Waals surface area contributed by atoms with E-state index in [4.69, 9.17) is 9.47 Å². The number of pyridine rings is 1. The standard InChI is InChI=1S/C31H35N5O8S/c1-2-43-31(42)35-14-12-34(13-15-35)30(41)23(7-8-28(38)39)33-29(40)24-17-25(21-5-3-4-6-22(21)32-24)44-19-27(37)36-11-9-20-10-16-45-26(20)18-36/h3-6,10,16-17,23H,2,7-9,11-15,18-19H2,1H3,(H,33,40)(H,38,39). The zero-order valence-corrected chi connectivity index (χ0v) is 25.7. The molecule has 1 aromatic carbocycles. The molecule has 1 fully saturated rings. The molecule has 4 heterocycles. The summed E-state index contributed by atoms with van der Waals surface area (Å²) in [5, 5.41) is 14.6. The van der Waals surface area contributed by atoms with Crippen LogP contribution in [0.15, 0.2) is 41.8 Å². The Morgan fingerprint density at radius 2 is 1.78 bits per heavy atom. The van der Waals surface area contributed by atoms with Gasteiger partial charge in [-0.15, -0.1) is 11.3 Å². The number of amides is 4. The monoisotopic (exact) mass is 637 g/mol. The summed E-state index contributed by atoms with van der Waals surface area (Å²) in [6, 6.07) is 9.41. The lowest BCUT2D eigenvalue weighted by Crippen LogP contribution is -2.56. The first-order chi connectivity index (χ1) is 21.7. The van der Waals surface area contributed by atoms with Gasteiger partial charge in [-0.2, -0.15) is 0 Å². The number of piperazine rings is 1. The fourth-order valence-corrected chi connectivity index (χ4v) is 6.31. The third kappa shape index (κ3) is 7.69. The highest BCUT2D eigenvalue weighted by molar-refractivity contribution is 7.10. The van der Waals surface area contributed by atoms with Gasteiger partial charge in [-0.1, -0.05) is 12.1 Å². The van der Waals surface area contributed by atoms with Gasteiger partial charge < -0.3 is 34.6 Å². The predicted octanol–water partition coefficient (Wildman–Crippen LogP) is 2.52. The summed E-state index contributed by atoms with van der Waals surface area (Å²) in [6.07, 6.45) is -0.152. The van der Waals surface area contributed by atoms with Gasteiger partial charge >= 0.3 is 12.1 Å². The van der Waals surface area contributed by atoms with Crippen LogP contribution in [0.5, 0.6) is 5.75 Å². The molecule has 2 N–H and O–H groups in total. The largest absolute Gasteiger partial charge is 0.483 e. The van der Waals surface area contributed by atoms with E-state index in [-0.39, 0.29) is 69.6 Å². The van der Waals surface area contributed by atoms with Crippen molar-refractivity contribution in [2.45, 2.75) is 38.8 Å². The molecular weight excluding hydrogens is 602 g/mol. The second-order valence-corrected chi connectivity index (χ2v) is 11.7. The molecule has 0 saturated carbocycles. The van der Waals surface area contributed by atoms with Gasteiger partial charge in [-0.05, 0) is 48.9 Å². The van der Waals surface area contributed by atoms with Crippen molar-refractivity contribution < 1.29 is 38.6 Å². The molecule has 2 aliphatic rings. The van der Waals surface area contributed by atoms with Crippen molar-refractivity contribution in [3.05, 3.63) is 57.9 Å². The van der Waals surface area contributed by atoms with Crippen LogP contribution in [0.4, 0.5) is 4.79 Å². The highest BCUT2D eigenvalue weighted by atomic mass is 32.1. The van der Waals surface area contributed by atoms with Gasteiger partial charge in [-0.3, -0.25) is 19.2 Å². The minimum atomic E-state index is -1.14. The van der Waals surface area contributed by atoms with E-state index >= 15 is 0 Å². The first kappa shape index (κ1) is 31.7. The van der Waals surface area contributed by atoms with Gasteiger partial charge in [0.05, 0.1) is 18.7 Å². The lowest BCUT2D eigenvalue weighted by Gasteiger charge is -2.35. The van der Waals surface area contributed by atoms with Crippen LogP contribution in [0.3, 0.4) is 0 Å². The molecular formula is C31H35N5O8S. The van der Waals surface area contributed by atoms with E-state index in [9.17, 15) is 29.1 Å². The number of fused-ring (bicyclic) bond motifs is 2. The Kier molecular flexibility index (Phi) is 10.1. The zero-order valence-electron chi connectivity index (χ0n) is 24.9. The van der Waals surface area contributed by atoms with E-state index in [1.165, 1.54) is 21.4 Å². The molecule has 1 saturated heterocycles. The Morgan fingerprint density at radius 1 is 1.02 bits per heavy atom. The number of ether oxygens (including phenoxy) is 2. The number of thiophene rings is 1. The second-order valence-electron chi connectivity index (χ2n) is 10.7. The minimum Gasteiger partial charge on any atom is -0.483 e. The number of benzene rings is 1. The Morgan fingerprint density at radius 3 is 2.53 bits per heavy atom. The van der Waals surface area contributed by atoms with Gasteiger partial charge in [0.2, 0.25) is 5.91 Å². The lowest BCUT2D eigenvalue weighted by atomic mass is 10.1. The van der Waals surface area contributed by atoms with Crippen LogP contribution in [0, 0.1) is 0 Å². The number of carboxylic acids is 1. The van der Waals surface area contributed by atoms with Crippen molar-refractivity contribution in [3.8, 4) is 5.75 Å². The van der Waals surface area contributed by atoms with Gasteiger partial charge in [0.15, 0.2) is 6.61 Å². The number of para-hydroxylation sites is 1. The number of carboxylic acid groups (broad SMARTS) is 1. The van der Waals surface area contributed by atoms with Gasteiger partial charge in [0, 0.05) is 55.5 Å². The highest BCUT2D eigenvalue weighted by Crippen LogP contribution is 2.27. The molecule has 13 nitrogen and oxygen atoms in total. The van der Waals surface area contributed by atoms with Crippen LogP contribution in [-0.2, 0) is 32.1 Å². The molecule has 1 atom stereocenters. The van der Waals surface area contributed by atoms with Crippen molar-refractivity contribution in [1.29, 1.82) is 0 Å². The summed E-state index contributed by atoms with van der Waals surface area (Å²) >= 11 is 1.62. The number of aliphatic carboxylic acids is 1. The van der Waals surface area contributed by atoms with Crippen LogP contribution in [-0.4, -0.2) is 107 Å². The van der Waals surface area contributed by atoms with E-state index in [2.05, 4.69) is 16.4 Å². The van der Waals surface area contributed by atoms with Crippen molar-refractivity contribution in [2.75, 3.05) is 45.9 Å². The molecule has 4 amide bonds. The molecule has 2 aliphatic heterocycles. The molecule has 1 unspecified atom stereocenters. The van der Waals surface area contributed by atoms with E-state index in [1.54, 1.807) is 47.4 Å². The molecule has 14 heteroatoms. The average Bonchev–Trinajstić information content (AvgIpc) is 3.53. The van der Waals surface area contributed by atoms with E-state index in [1.807, 2.05) is 5.38 Å². The number of hydrogen-bond donors (Lipinski definition) is 2. The fraction of sp³-hybridized carbons (Fsp3) is 0.419. The van der Waals surface area contributed by atoms with Crippen molar-refractivity contribution in [3.63, 3.8) is 0 Å². The molecule has 3 aromatic rings. The molecule has 0 spiro atoms. The number of carbonyl (C=O) groups excluding carboxylic acids is 4. The van der Waals surface area contributed by atoms with E-state index in [0.717, 1.165) is 11.3 Å². The Hall–Kier alpha value is -4.72. The summed E-state index contributed by atoms with van der Waals surface area (Å²) < 4.78 is 11.0. The number of rotatable bonds is 10. The maximum atomic E-state index is 13.5. The normalized spacial score (nSPS) is 15.3. The second kappa shape index (κ2) is 14.4. The number of carbonyl (C=O) groups is 5. The molecule has 0 aliphatic carbocycles. The Bertz CT molecular complexity index is 1580. The van der Waals surface area contributed by atoms with Crippen LogP contribution in [0.1, 0.15) is 40.7 Å². The highest BCUT2D eigenvalue weighted by Gasteiger charge is 2.31. The van der Waals surface area contributed by atoms with Gasteiger partial charge in [0.25, 0.3) is 11.8 Å².